The van der Waals surface area contributed by atoms with E-state index in [1.165, 1.54) is 5.56 Å². The highest BCUT2D eigenvalue weighted by Gasteiger charge is 2.33. The summed E-state index contributed by atoms with van der Waals surface area (Å²) < 4.78 is 5.17. The average Bonchev–Trinajstić information content (AvgIpc) is 2.42. The van der Waals surface area contributed by atoms with Crippen molar-refractivity contribution in [2.75, 3.05) is 0 Å². The highest BCUT2D eigenvalue weighted by Crippen LogP contribution is 2.27. The summed E-state index contributed by atoms with van der Waals surface area (Å²) in [5.74, 6) is -1.14. The number of hydrogen-bond acceptors (Lipinski definition) is 3. The van der Waals surface area contributed by atoms with E-state index < -0.39 is 23.7 Å². The van der Waals surface area contributed by atoms with Crippen LogP contribution in [0.5, 0.6) is 0 Å². The third-order valence-electron chi connectivity index (χ3n) is 3.79. The van der Waals surface area contributed by atoms with Gasteiger partial charge in [0, 0.05) is 0 Å². The van der Waals surface area contributed by atoms with Crippen LogP contribution < -0.4 is 5.32 Å². The molecule has 0 spiro atoms. The molecule has 1 amide bonds. The van der Waals surface area contributed by atoms with Crippen molar-refractivity contribution >= 4 is 12.1 Å². The van der Waals surface area contributed by atoms with Crippen LogP contribution in [0.4, 0.5) is 4.79 Å². The van der Waals surface area contributed by atoms with Crippen molar-refractivity contribution in [3.63, 3.8) is 0 Å². The number of carbonyl (C=O) groups excluding carboxylic acids is 1. The number of nitrogens with one attached hydrogen (secondary N) is 1. The molecule has 120 valence electrons. The van der Waals surface area contributed by atoms with Crippen LogP contribution in [0.25, 0.3) is 0 Å². The molecule has 5 nitrogen and oxygen atoms in total. The summed E-state index contributed by atoms with van der Waals surface area (Å²) in [6.07, 6.45) is 1.55. The summed E-state index contributed by atoms with van der Waals surface area (Å²) in [7, 11) is 0. The van der Waals surface area contributed by atoms with Crippen LogP contribution in [0.3, 0.4) is 0 Å². The van der Waals surface area contributed by atoms with E-state index in [0.29, 0.717) is 6.42 Å². The predicted molar refractivity (Wildman–Crippen MR) is 82.8 cm³/mol. The zero-order chi connectivity index (χ0) is 16.3. The van der Waals surface area contributed by atoms with Gasteiger partial charge in [-0.1, -0.05) is 24.3 Å². The number of amides is 1. The molecule has 1 aliphatic carbocycles. The molecule has 1 aromatic carbocycles. The number of fused-ring (bicyclic) bond motifs is 1. The van der Waals surface area contributed by atoms with Crippen molar-refractivity contribution in [1.82, 2.24) is 5.32 Å². The minimum Gasteiger partial charge on any atom is -0.480 e. The molecule has 2 unspecified atom stereocenters. The third-order valence-corrected chi connectivity index (χ3v) is 3.79. The zero-order valence-corrected chi connectivity index (χ0v) is 13.3. The molecule has 0 bridgehead atoms. The number of hydrogen-bond donors (Lipinski definition) is 2. The van der Waals surface area contributed by atoms with E-state index in [4.69, 9.17) is 4.74 Å². The Morgan fingerprint density at radius 2 is 1.91 bits per heavy atom. The van der Waals surface area contributed by atoms with Crippen molar-refractivity contribution in [3.05, 3.63) is 35.4 Å². The Morgan fingerprint density at radius 3 is 2.50 bits per heavy atom. The Labute approximate surface area is 130 Å². The molecule has 2 atom stereocenters. The second-order valence-electron chi connectivity index (χ2n) is 6.73. The van der Waals surface area contributed by atoms with E-state index >= 15 is 0 Å². The van der Waals surface area contributed by atoms with Crippen LogP contribution in [-0.2, 0) is 22.4 Å². The maximum atomic E-state index is 11.9. The van der Waals surface area contributed by atoms with E-state index in [-0.39, 0.29) is 5.92 Å². The molecule has 1 aliphatic rings. The molecule has 2 rings (SSSR count). The Hall–Kier alpha value is -2.04. The highest BCUT2D eigenvalue weighted by atomic mass is 16.6. The normalized spacial score (nSPS) is 19.0. The van der Waals surface area contributed by atoms with Crippen LogP contribution in [0, 0.1) is 5.92 Å². The van der Waals surface area contributed by atoms with E-state index in [9.17, 15) is 14.7 Å². The topological polar surface area (TPSA) is 75.6 Å². The number of aryl methyl sites for hydroxylation is 1. The van der Waals surface area contributed by atoms with E-state index in [2.05, 4.69) is 11.4 Å². The summed E-state index contributed by atoms with van der Waals surface area (Å²) in [6.45, 7) is 5.25. The summed E-state index contributed by atoms with van der Waals surface area (Å²) in [4.78, 5) is 23.4. The first-order valence-corrected chi connectivity index (χ1v) is 7.55. The molecule has 0 saturated carbocycles. The fraction of sp³-hybridized carbons (Fsp3) is 0.529. The lowest BCUT2D eigenvalue weighted by molar-refractivity contribution is -0.141. The molecule has 0 heterocycles. The van der Waals surface area contributed by atoms with Crippen LogP contribution in [-0.4, -0.2) is 28.8 Å². The van der Waals surface area contributed by atoms with Gasteiger partial charge in [0.25, 0.3) is 0 Å². The van der Waals surface area contributed by atoms with Crippen LogP contribution in [0.1, 0.15) is 38.3 Å². The number of carbonyl (C=O) groups is 2. The van der Waals surface area contributed by atoms with Gasteiger partial charge in [0.1, 0.15) is 11.6 Å². The van der Waals surface area contributed by atoms with Gasteiger partial charge in [-0.15, -0.1) is 0 Å². The summed E-state index contributed by atoms with van der Waals surface area (Å²) in [6, 6.07) is 7.12. The van der Waals surface area contributed by atoms with E-state index in [0.717, 1.165) is 18.4 Å². The lowest BCUT2D eigenvalue weighted by Gasteiger charge is -2.30. The van der Waals surface area contributed by atoms with E-state index in [1.807, 2.05) is 18.2 Å². The van der Waals surface area contributed by atoms with Crippen molar-refractivity contribution in [3.8, 4) is 0 Å². The summed E-state index contributed by atoms with van der Waals surface area (Å²) >= 11 is 0. The number of carboxylic acid groups (broad SMARTS) is 1. The molecule has 0 fully saturated rings. The standard InChI is InChI=1S/C17H23NO4/c1-17(2,3)22-16(21)18-14(15(19)20)13-9-8-11-6-4-5-7-12(11)10-13/h4-7,13-14H,8-10H2,1-3H3,(H,18,21)(H,19,20). The number of benzene rings is 1. The minimum absolute atomic E-state index is 0.125. The van der Waals surface area contributed by atoms with Gasteiger partial charge in [-0.2, -0.15) is 0 Å². The van der Waals surface area contributed by atoms with Crippen LogP contribution in [0.2, 0.25) is 0 Å². The Bertz CT molecular complexity index is 562. The summed E-state index contributed by atoms with van der Waals surface area (Å²) in [5, 5.41) is 12.0. The van der Waals surface area contributed by atoms with Crippen LogP contribution in [0.15, 0.2) is 24.3 Å². The van der Waals surface area contributed by atoms with Gasteiger partial charge < -0.3 is 15.2 Å². The quantitative estimate of drug-likeness (QED) is 0.900. The molecule has 22 heavy (non-hydrogen) atoms. The Kier molecular flexibility index (Phi) is 4.74. The fourth-order valence-electron chi connectivity index (χ4n) is 2.83. The molecule has 5 heteroatoms. The summed E-state index contributed by atoms with van der Waals surface area (Å²) in [5.41, 5.74) is 1.78. The lowest BCUT2D eigenvalue weighted by atomic mass is 9.80. The van der Waals surface area contributed by atoms with Gasteiger partial charge in [0.05, 0.1) is 0 Å². The van der Waals surface area contributed by atoms with Crippen molar-refractivity contribution in [1.29, 1.82) is 0 Å². The third kappa shape index (κ3) is 4.23. The molecule has 0 aromatic heterocycles. The van der Waals surface area contributed by atoms with E-state index in [1.54, 1.807) is 20.8 Å². The fourth-order valence-corrected chi connectivity index (χ4v) is 2.83. The van der Waals surface area contributed by atoms with Crippen molar-refractivity contribution < 1.29 is 19.4 Å². The maximum Gasteiger partial charge on any atom is 0.408 e. The molecule has 0 radical (unpaired) electrons. The largest absolute Gasteiger partial charge is 0.480 e. The number of aliphatic carboxylic acids is 1. The number of ether oxygens (including phenoxy) is 1. The number of rotatable bonds is 3. The first kappa shape index (κ1) is 16.3. The monoisotopic (exact) mass is 305 g/mol. The van der Waals surface area contributed by atoms with Gasteiger partial charge >= 0.3 is 12.1 Å². The number of carboxylic acids is 1. The highest BCUT2D eigenvalue weighted by molar-refractivity contribution is 5.80. The smallest absolute Gasteiger partial charge is 0.408 e. The number of alkyl carbamates (subject to hydrolysis) is 1. The molecular weight excluding hydrogens is 282 g/mol. The lowest BCUT2D eigenvalue weighted by Crippen LogP contribution is -2.49. The zero-order valence-electron chi connectivity index (χ0n) is 13.3. The molecular formula is C17H23NO4. The average molecular weight is 305 g/mol. The first-order valence-electron chi connectivity index (χ1n) is 7.55. The van der Waals surface area contributed by atoms with Crippen LogP contribution >= 0.6 is 0 Å². The molecule has 1 aromatic rings. The second-order valence-corrected chi connectivity index (χ2v) is 6.73. The Morgan fingerprint density at radius 1 is 1.27 bits per heavy atom. The second kappa shape index (κ2) is 6.38. The van der Waals surface area contributed by atoms with Gasteiger partial charge in [-0.25, -0.2) is 9.59 Å². The van der Waals surface area contributed by atoms with Gasteiger partial charge in [-0.05, 0) is 57.1 Å². The Balaban J connectivity index is 2.07. The van der Waals surface area contributed by atoms with Crippen molar-refractivity contribution in [2.45, 2.75) is 51.7 Å². The van der Waals surface area contributed by atoms with Gasteiger partial charge in [-0.3, -0.25) is 0 Å². The minimum atomic E-state index is -1.02. The first-order chi connectivity index (χ1) is 10.3. The molecule has 0 aliphatic heterocycles. The van der Waals surface area contributed by atoms with Gasteiger partial charge in [0.2, 0.25) is 0 Å². The SMILES string of the molecule is CC(C)(C)OC(=O)NC(C(=O)O)C1CCc2ccccc2C1. The van der Waals surface area contributed by atoms with Crippen molar-refractivity contribution in [2.24, 2.45) is 5.92 Å². The van der Waals surface area contributed by atoms with Gasteiger partial charge in [0.15, 0.2) is 0 Å². The maximum absolute atomic E-state index is 11.9. The molecule has 0 saturated heterocycles. The molecule has 2 N–H and O–H groups in total. The predicted octanol–water partition coefficient (Wildman–Crippen LogP) is 2.77.